The van der Waals surface area contributed by atoms with Gasteiger partial charge in [-0.1, -0.05) is 6.92 Å². The molecule has 0 amide bonds. The molecule has 1 heterocycles. The van der Waals surface area contributed by atoms with E-state index in [0.29, 0.717) is 0 Å². The van der Waals surface area contributed by atoms with Crippen molar-refractivity contribution in [3.05, 3.63) is 41.7 Å². The van der Waals surface area contributed by atoms with Crippen LogP contribution in [0, 0.1) is 6.92 Å². The topological polar surface area (TPSA) is 39.1 Å². The predicted molar refractivity (Wildman–Crippen MR) is 77.6 cm³/mol. The van der Waals surface area contributed by atoms with Crippen molar-refractivity contribution >= 4 is 5.69 Å². The fraction of sp³-hybridized carbons (Fsp3) is 0.400. The molecule has 0 saturated carbocycles. The van der Waals surface area contributed by atoms with Crippen LogP contribution in [-0.4, -0.2) is 16.9 Å². The smallest absolute Gasteiger partial charge is 0.119 e. The Hall–Kier alpha value is -1.97. The van der Waals surface area contributed by atoms with Crippen molar-refractivity contribution in [2.45, 2.75) is 33.4 Å². The van der Waals surface area contributed by atoms with Crippen LogP contribution in [0.2, 0.25) is 0 Å². The molecule has 0 unspecified atom stereocenters. The van der Waals surface area contributed by atoms with Crippen molar-refractivity contribution in [2.75, 3.05) is 12.4 Å². The highest BCUT2D eigenvalue weighted by atomic mass is 16.5. The van der Waals surface area contributed by atoms with E-state index in [4.69, 9.17) is 4.74 Å². The van der Waals surface area contributed by atoms with Crippen LogP contribution in [0.3, 0.4) is 0 Å². The molecule has 102 valence electrons. The van der Waals surface area contributed by atoms with E-state index in [1.165, 1.54) is 11.3 Å². The second kappa shape index (κ2) is 6.27. The second-order valence-corrected chi connectivity index (χ2v) is 4.58. The maximum absolute atomic E-state index is 5.21. The van der Waals surface area contributed by atoms with Crippen LogP contribution in [-0.2, 0) is 13.1 Å². The van der Waals surface area contributed by atoms with E-state index >= 15 is 0 Å². The fourth-order valence-electron chi connectivity index (χ4n) is 2.07. The van der Waals surface area contributed by atoms with Crippen LogP contribution in [0.5, 0.6) is 5.75 Å². The van der Waals surface area contributed by atoms with Crippen LogP contribution >= 0.6 is 0 Å². The maximum Gasteiger partial charge on any atom is 0.119 e. The molecule has 0 aliphatic rings. The standard InChI is InChI=1S/C15H21N3O/c1-4-9-18-13(7-8-17-18)11-16-15-6-5-14(19-3)10-12(15)2/h5-8,10,16H,4,9,11H2,1-3H3. The van der Waals surface area contributed by atoms with E-state index < -0.39 is 0 Å². The number of ether oxygens (including phenoxy) is 1. The molecule has 1 aromatic carbocycles. The number of nitrogens with one attached hydrogen (secondary N) is 1. The molecule has 0 bridgehead atoms. The first-order valence-electron chi connectivity index (χ1n) is 6.63. The zero-order valence-electron chi connectivity index (χ0n) is 11.8. The highest BCUT2D eigenvalue weighted by Crippen LogP contribution is 2.21. The molecule has 0 atom stereocenters. The van der Waals surface area contributed by atoms with Crippen LogP contribution < -0.4 is 10.1 Å². The zero-order chi connectivity index (χ0) is 13.7. The first-order chi connectivity index (χ1) is 9.24. The van der Waals surface area contributed by atoms with Gasteiger partial charge in [-0.05, 0) is 43.2 Å². The van der Waals surface area contributed by atoms with Gasteiger partial charge in [0, 0.05) is 18.4 Å². The number of aryl methyl sites for hydroxylation is 2. The molecule has 1 N–H and O–H groups in total. The minimum Gasteiger partial charge on any atom is -0.497 e. The third kappa shape index (κ3) is 3.28. The monoisotopic (exact) mass is 259 g/mol. The highest BCUT2D eigenvalue weighted by Gasteiger charge is 2.03. The molecule has 2 rings (SSSR count). The summed E-state index contributed by atoms with van der Waals surface area (Å²) in [5.74, 6) is 0.888. The van der Waals surface area contributed by atoms with Gasteiger partial charge in [-0.3, -0.25) is 4.68 Å². The summed E-state index contributed by atoms with van der Waals surface area (Å²) in [6, 6.07) is 8.11. The number of anilines is 1. The molecule has 1 aromatic heterocycles. The van der Waals surface area contributed by atoms with Gasteiger partial charge in [0.25, 0.3) is 0 Å². The fourth-order valence-corrected chi connectivity index (χ4v) is 2.07. The van der Waals surface area contributed by atoms with E-state index in [-0.39, 0.29) is 0 Å². The third-order valence-corrected chi connectivity index (χ3v) is 3.13. The molecule has 19 heavy (non-hydrogen) atoms. The van der Waals surface area contributed by atoms with Crippen LogP contribution in [0.4, 0.5) is 5.69 Å². The summed E-state index contributed by atoms with van der Waals surface area (Å²) in [7, 11) is 1.69. The lowest BCUT2D eigenvalue weighted by Crippen LogP contribution is -2.09. The molecule has 0 fully saturated rings. The molecular weight excluding hydrogens is 238 g/mol. The second-order valence-electron chi connectivity index (χ2n) is 4.58. The van der Waals surface area contributed by atoms with Gasteiger partial charge in [0.1, 0.15) is 5.75 Å². The summed E-state index contributed by atoms with van der Waals surface area (Å²) in [5, 5.41) is 7.77. The lowest BCUT2D eigenvalue weighted by molar-refractivity contribution is 0.414. The Morgan fingerprint density at radius 3 is 2.84 bits per heavy atom. The lowest BCUT2D eigenvalue weighted by Gasteiger charge is -2.12. The number of nitrogens with zero attached hydrogens (tertiary/aromatic N) is 2. The quantitative estimate of drug-likeness (QED) is 0.865. The Morgan fingerprint density at radius 1 is 1.32 bits per heavy atom. The minimum atomic E-state index is 0.785. The largest absolute Gasteiger partial charge is 0.497 e. The summed E-state index contributed by atoms with van der Waals surface area (Å²) in [6.45, 7) is 5.99. The molecule has 0 saturated heterocycles. The van der Waals surface area contributed by atoms with Crippen LogP contribution in [0.15, 0.2) is 30.5 Å². The van der Waals surface area contributed by atoms with Gasteiger partial charge in [-0.15, -0.1) is 0 Å². The highest BCUT2D eigenvalue weighted by molar-refractivity contribution is 5.53. The molecule has 0 aliphatic carbocycles. The Kier molecular flexibility index (Phi) is 4.44. The molecule has 2 aromatic rings. The summed E-state index contributed by atoms with van der Waals surface area (Å²) in [5.41, 5.74) is 3.52. The van der Waals surface area contributed by atoms with Crippen molar-refractivity contribution in [3.63, 3.8) is 0 Å². The van der Waals surface area contributed by atoms with E-state index in [9.17, 15) is 0 Å². The number of rotatable bonds is 6. The zero-order valence-corrected chi connectivity index (χ0v) is 11.8. The van der Waals surface area contributed by atoms with Crippen LogP contribution in [0.25, 0.3) is 0 Å². The van der Waals surface area contributed by atoms with Gasteiger partial charge >= 0.3 is 0 Å². The third-order valence-electron chi connectivity index (χ3n) is 3.13. The molecule has 0 aliphatic heterocycles. The minimum absolute atomic E-state index is 0.785. The van der Waals surface area contributed by atoms with Gasteiger partial charge in [0.05, 0.1) is 19.3 Å². The maximum atomic E-state index is 5.21. The lowest BCUT2D eigenvalue weighted by atomic mass is 10.2. The first kappa shape index (κ1) is 13.5. The summed E-state index contributed by atoms with van der Waals surface area (Å²) in [4.78, 5) is 0. The van der Waals surface area contributed by atoms with Crippen molar-refractivity contribution in [2.24, 2.45) is 0 Å². The normalized spacial score (nSPS) is 10.5. The Balaban J connectivity index is 2.04. The molecule has 0 radical (unpaired) electrons. The molecule has 4 heteroatoms. The van der Waals surface area contributed by atoms with Crippen LogP contribution in [0.1, 0.15) is 24.6 Å². The average Bonchev–Trinajstić information content (AvgIpc) is 2.85. The molecule has 0 spiro atoms. The van der Waals surface area contributed by atoms with Crippen molar-refractivity contribution in [1.82, 2.24) is 9.78 Å². The first-order valence-corrected chi connectivity index (χ1v) is 6.63. The number of hydrogen-bond acceptors (Lipinski definition) is 3. The summed E-state index contributed by atoms with van der Waals surface area (Å²) in [6.07, 6.45) is 2.95. The van der Waals surface area contributed by atoms with E-state index in [1.54, 1.807) is 7.11 Å². The van der Waals surface area contributed by atoms with Gasteiger partial charge in [-0.2, -0.15) is 5.10 Å². The number of aromatic nitrogens is 2. The van der Waals surface area contributed by atoms with Gasteiger partial charge in [0.2, 0.25) is 0 Å². The van der Waals surface area contributed by atoms with Crippen molar-refractivity contribution in [3.8, 4) is 5.75 Å². The van der Waals surface area contributed by atoms with Crippen molar-refractivity contribution < 1.29 is 4.74 Å². The number of benzene rings is 1. The predicted octanol–water partition coefficient (Wildman–Crippen LogP) is 3.22. The molecule has 4 nitrogen and oxygen atoms in total. The number of hydrogen-bond donors (Lipinski definition) is 1. The van der Waals surface area contributed by atoms with E-state index in [1.807, 2.05) is 23.0 Å². The van der Waals surface area contributed by atoms with Gasteiger partial charge in [-0.25, -0.2) is 0 Å². The SMILES string of the molecule is CCCn1nccc1CNc1ccc(OC)cc1C. The Labute approximate surface area is 114 Å². The van der Waals surface area contributed by atoms with Gasteiger partial charge in [0.15, 0.2) is 0 Å². The summed E-state index contributed by atoms with van der Waals surface area (Å²) >= 11 is 0. The molecular formula is C15H21N3O. The Bertz CT molecular complexity index is 534. The average molecular weight is 259 g/mol. The van der Waals surface area contributed by atoms with Crippen molar-refractivity contribution in [1.29, 1.82) is 0 Å². The summed E-state index contributed by atoms with van der Waals surface area (Å²) < 4.78 is 7.26. The van der Waals surface area contributed by atoms with E-state index in [2.05, 4.69) is 36.4 Å². The Morgan fingerprint density at radius 2 is 2.16 bits per heavy atom. The number of methoxy groups -OCH3 is 1. The van der Waals surface area contributed by atoms with Gasteiger partial charge < -0.3 is 10.1 Å². The van der Waals surface area contributed by atoms with E-state index in [0.717, 1.165) is 30.9 Å².